The monoisotopic (exact) mass is 312 g/mol. The number of benzene rings is 1. The molecule has 0 saturated heterocycles. The summed E-state index contributed by atoms with van der Waals surface area (Å²) >= 11 is 0. The highest BCUT2D eigenvalue weighted by Crippen LogP contribution is 2.35. The van der Waals surface area contributed by atoms with Crippen molar-refractivity contribution in [1.29, 1.82) is 10.5 Å². The van der Waals surface area contributed by atoms with Gasteiger partial charge in [-0.3, -0.25) is 0 Å². The molecule has 0 spiro atoms. The standard InChI is InChI=1S/C15H15F3N2O2/c1-7(21-3)11(8(2)22-4)12-9(5-19)13(16)10(6-20)14(17)15(12)18/h7-8,11H,1-4H3. The summed E-state index contributed by atoms with van der Waals surface area (Å²) in [6, 6.07) is 2.73. The van der Waals surface area contributed by atoms with E-state index in [0.29, 0.717) is 0 Å². The Bertz CT molecular complexity index is 640. The van der Waals surface area contributed by atoms with Crippen LogP contribution in [0, 0.1) is 40.1 Å². The van der Waals surface area contributed by atoms with Crippen molar-refractivity contribution < 1.29 is 22.6 Å². The quantitative estimate of drug-likeness (QED) is 0.784. The van der Waals surface area contributed by atoms with E-state index in [2.05, 4.69) is 0 Å². The molecule has 0 heterocycles. The van der Waals surface area contributed by atoms with Gasteiger partial charge in [0.25, 0.3) is 0 Å². The topological polar surface area (TPSA) is 66.0 Å². The van der Waals surface area contributed by atoms with Gasteiger partial charge in [-0.25, -0.2) is 13.2 Å². The molecule has 2 unspecified atom stereocenters. The van der Waals surface area contributed by atoms with Gasteiger partial charge in [0.2, 0.25) is 0 Å². The Morgan fingerprint density at radius 2 is 1.27 bits per heavy atom. The highest BCUT2D eigenvalue weighted by molar-refractivity contribution is 5.50. The molecule has 7 heteroatoms. The van der Waals surface area contributed by atoms with E-state index in [-0.39, 0.29) is 0 Å². The van der Waals surface area contributed by atoms with Crippen LogP contribution in [0.3, 0.4) is 0 Å². The zero-order valence-electron chi connectivity index (χ0n) is 12.6. The zero-order valence-corrected chi connectivity index (χ0v) is 12.6. The molecular formula is C15H15F3N2O2. The Kier molecular flexibility index (Phi) is 5.92. The van der Waals surface area contributed by atoms with Crippen molar-refractivity contribution in [3.8, 4) is 12.1 Å². The second kappa shape index (κ2) is 7.26. The first-order valence-corrected chi connectivity index (χ1v) is 6.41. The van der Waals surface area contributed by atoms with Crippen LogP contribution in [0.2, 0.25) is 0 Å². The number of hydrogen-bond acceptors (Lipinski definition) is 4. The van der Waals surface area contributed by atoms with Gasteiger partial charge in [-0.15, -0.1) is 0 Å². The van der Waals surface area contributed by atoms with Crippen LogP contribution in [-0.2, 0) is 9.47 Å². The summed E-state index contributed by atoms with van der Waals surface area (Å²) in [4.78, 5) is 0. The van der Waals surface area contributed by atoms with Crippen molar-refractivity contribution in [2.75, 3.05) is 14.2 Å². The van der Waals surface area contributed by atoms with Gasteiger partial charge in [-0.05, 0) is 13.8 Å². The third-order valence-electron chi connectivity index (χ3n) is 3.67. The van der Waals surface area contributed by atoms with E-state index >= 15 is 0 Å². The van der Waals surface area contributed by atoms with Gasteiger partial charge in [0, 0.05) is 25.7 Å². The molecule has 0 aliphatic rings. The molecule has 0 saturated carbocycles. The SMILES string of the molecule is COC(C)C(c1c(F)c(F)c(C#N)c(F)c1C#N)C(C)OC. The van der Waals surface area contributed by atoms with Gasteiger partial charge in [0.15, 0.2) is 17.5 Å². The Hall–Kier alpha value is -2.09. The average Bonchev–Trinajstić information content (AvgIpc) is 2.52. The molecule has 4 nitrogen and oxygen atoms in total. The molecule has 0 bridgehead atoms. The lowest BCUT2D eigenvalue weighted by molar-refractivity contribution is 0.0151. The second-order valence-corrected chi connectivity index (χ2v) is 4.74. The molecule has 1 aromatic rings. The summed E-state index contributed by atoms with van der Waals surface area (Å²) in [5, 5.41) is 17.9. The summed E-state index contributed by atoms with van der Waals surface area (Å²) in [6.07, 6.45) is -1.36. The summed E-state index contributed by atoms with van der Waals surface area (Å²) in [5.74, 6) is -5.37. The molecule has 118 valence electrons. The molecule has 0 fully saturated rings. The number of nitriles is 2. The first kappa shape index (κ1) is 18.0. The van der Waals surface area contributed by atoms with E-state index < -0.39 is 52.3 Å². The summed E-state index contributed by atoms with van der Waals surface area (Å²) in [5.41, 5.74) is -2.32. The van der Waals surface area contributed by atoms with Crippen molar-refractivity contribution >= 4 is 0 Å². The smallest absolute Gasteiger partial charge is 0.179 e. The first-order valence-electron chi connectivity index (χ1n) is 6.41. The van der Waals surface area contributed by atoms with Gasteiger partial charge in [-0.1, -0.05) is 0 Å². The number of hydrogen-bond donors (Lipinski definition) is 0. The van der Waals surface area contributed by atoms with Crippen LogP contribution in [0.25, 0.3) is 0 Å². The molecular weight excluding hydrogens is 297 g/mol. The van der Waals surface area contributed by atoms with Gasteiger partial charge < -0.3 is 9.47 Å². The van der Waals surface area contributed by atoms with Crippen LogP contribution in [0.15, 0.2) is 0 Å². The lowest BCUT2D eigenvalue weighted by Gasteiger charge is -2.29. The van der Waals surface area contributed by atoms with Gasteiger partial charge in [0.1, 0.15) is 17.7 Å². The maximum absolute atomic E-state index is 14.4. The van der Waals surface area contributed by atoms with Crippen molar-refractivity contribution in [3.05, 3.63) is 34.1 Å². The minimum absolute atomic E-state index is 0.486. The number of ether oxygens (including phenoxy) is 2. The molecule has 0 aliphatic carbocycles. The maximum atomic E-state index is 14.4. The molecule has 0 amide bonds. The van der Waals surface area contributed by atoms with Gasteiger partial charge in [0.05, 0.1) is 17.8 Å². The zero-order chi connectivity index (χ0) is 17.0. The fraction of sp³-hybridized carbons (Fsp3) is 0.467. The minimum Gasteiger partial charge on any atom is -0.381 e. The van der Waals surface area contributed by atoms with Crippen LogP contribution in [-0.4, -0.2) is 26.4 Å². The highest BCUT2D eigenvalue weighted by Gasteiger charge is 2.35. The second-order valence-electron chi connectivity index (χ2n) is 4.74. The summed E-state index contributed by atoms with van der Waals surface area (Å²) < 4.78 is 52.6. The number of nitrogens with zero attached hydrogens (tertiary/aromatic N) is 2. The summed E-state index contributed by atoms with van der Waals surface area (Å²) in [7, 11) is 2.70. The Morgan fingerprint density at radius 1 is 0.818 bits per heavy atom. The fourth-order valence-corrected chi connectivity index (χ4v) is 2.34. The van der Waals surface area contributed by atoms with Crippen LogP contribution in [0.4, 0.5) is 13.2 Å². The van der Waals surface area contributed by atoms with Gasteiger partial charge >= 0.3 is 0 Å². The van der Waals surface area contributed by atoms with Crippen molar-refractivity contribution in [1.82, 2.24) is 0 Å². The predicted molar refractivity (Wildman–Crippen MR) is 71.4 cm³/mol. The highest BCUT2D eigenvalue weighted by atomic mass is 19.2. The lowest BCUT2D eigenvalue weighted by Crippen LogP contribution is -2.31. The largest absolute Gasteiger partial charge is 0.381 e. The van der Waals surface area contributed by atoms with Crippen LogP contribution in [0.5, 0.6) is 0 Å². The third kappa shape index (κ3) is 2.92. The van der Waals surface area contributed by atoms with Crippen LogP contribution < -0.4 is 0 Å². The number of methoxy groups -OCH3 is 2. The van der Waals surface area contributed by atoms with E-state index in [9.17, 15) is 13.2 Å². The van der Waals surface area contributed by atoms with Crippen molar-refractivity contribution in [2.45, 2.75) is 32.0 Å². The maximum Gasteiger partial charge on any atom is 0.179 e. The van der Waals surface area contributed by atoms with E-state index in [1.54, 1.807) is 13.8 Å². The number of rotatable bonds is 5. The van der Waals surface area contributed by atoms with E-state index in [0.717, 1.165) is 0 Å². The Balaban J connectivity index is 3.78. The molecule has 22 heavy (non-hydrogen) atoms. The molecule has 0 N–H and O–H groups in total. The summed E-state index contributed by atoms with van der Waals surface area (Å²) in [6.45, 7) is 3.13. The molecule has 0 aliphatic heterocycles. The van der Waals surface area contributed by atoms with Crippen LogP contribution >= 0.6 is 0 Å². The number of halogens is 3. The molecule has 1 rings (SSSR count). The molecule has 0 aromatic heterocycles. The van der Waals surface area contributed by atoms with Crippen molar-refractivity contribution in [2.24, 2.45) is 0 Å². The Morgan fingerprint density at radius 3 is 1.64 bits per heavy atom. The van der Waals surface area contributed by atoms with Crippen molar-refractivity contribution in [3.63, 3.8) is 0 Å². The van der Waals surface area contributed by atoms with E-state index in [1.165, 1.54) is 26.4 Å². The van der Waals surface area contributed by atoms with E-state index in [1.807, 2.05) is 0 Å². The van der Waals surface area contributed by atoms with Gasteiger partial charge in [-0.2, -0.15) is 10.5 Å². The van der Waals surface area contributed by atoms with Crippen LogP contribution in [0.1, 0.15) is 36.5 Å². The fourth-order valence-electron chi connectivity index (χ4n) is 2.34. The average molecular weight is 312 g/mol. The van der Waals surface area contributed by atoms with E-state index in [4.69, 9.17) is 20.0 Å². The third-order valence-corrected chi connectivity index (χ3v) is 3.67. The molecule has 0 radical (unpaired) electrons. The molecule has 2 atom stereocenters. The molecule has 1 aromatic carbocycles. The first-order chi connectivity index (χ1) is 10.3. The lowest BCUT2D eigenvalue weighted by atomic mass is 9.84. The normalized spacial score (nSPS) is 14.8. The minimum atomic E-state index is -1.62. The predicted octanol–water partition coefficient (Wildman–Crippen LogP) is 3.00. The Labute approximate surface area is 126 Å².